The molecule has 0 aromatic rings. The molecule has 0 aromatic carbocycles. The number of nitrogens with zero attached hydrogens (tertiary/aromatic N) is 2. The molecule has 0 radical (unpaired) electrons. The van der Waals surface area contributed by atoms with Crippen LogP contribution in [0.1, 0.15) is 46.0 Å². The summed E-state index contributed by atoms with van der Waals surface area (Å²) in [5.74, 6) is 0. The van der Waals surface area contributed by atoms with Crippen LogP contribution >= 0.6 is 0 Å². The first kappa shape index (κ1) is 15.9. The van der Waals surface area contributed by atoms with Gasteiger partial charge in [-0.1, -0.05) is 20.3 Å². The Morgan fingerprint density at radius 1 is 1.17 bits per heavy atom. The van der Waals surface area contributed by atoms with E-state index in [2.05, 4.69) is 29.0 Å². The standard InChI is InChI=1S/C15H33N3/c1-4-17(5-2)14-15-10-6-8-12-18(15)13-9-7-11-16-3/h15-16H,4-14H2,1-3H3. The van der Waals surface area contributed by atoms with Crippen LogP contribution in [0.4, 0.5) is 0 Å². The Labute approximate surface area is 114 Å². The number of unbranched alkanes of at least 4 members (excludes halogenated alkanes) is 1. The van der Waals surface area contributed by atoms with E-state index in [1.807, 2.05) is 7.05 Å². The van der Waals surface area contributed by atoms with Crippen LogP contribution in [0.25, 0.3) is 0 Å². The highest BCUT2D eigenvalue weighted by Gasteiger charge is 2.23. The highest BCUT2D eigenvalue weighted by molar-refractivity contribution is 4.79. The van der Waals surface area contributed by atoms with Crippen molar-refractivity contribution < 1.29 is 0 Å². The summed E-state index contributed by atoms with van der Waals surface area (Å²) in [5, 5.41) is 3.24. The Balaban J connectivity index is 2.31. The monoisotopic (exact) mass is 255 g/mol. The van der Waals surface area contributed by atoms with Crippen LogP contribution in [0.15, 0.2) is 0 Å². The second kappa shape index (κ2) is 9.76. The molecule has 1 aliphatic rings. The van der Waals surface area contributed by atoms with E-state index in [1.54, 1.807) is 0 Å². The van der Waals surface area contributed by atoms with E-state index in [0.29, 0.717) is 0 Å². The molecule has 0 aliphatic carbocycles. The van der Waals surface area contributed by atoms with Crippen LogP contribution in [0.2, 0.25) is 0 Å². The number of nitrogens with one attached hydrogen (secondary N) is 1. The smallest absolute Gasteiger partial charge is 0.0223 e. The van der Waals surface area contributed by atoms with Gasteiger partial charge in [-0.15, -0.1) is 0 Å². The van der Waals surface area contributed by atoms with Crippen LogP contribution in [0, 0.1) is 0 Å². The van der Waals surface area contributed by atoms with Gasteiger partial charge < -0.3 is 10.2 Å². The van der Waals surface area contributed by atoms with Crippen molar-refractivity contribution in [2.45, 2.75) is 52.0 Å². The fraction of sp³-hybridized carbons (Fsp3) is 1.00. The highest BCUT2D eigenvalue weighted by atomic mass is 15.2. The van der Waals surface area contributed by atoms with Crippen molar-refractivity contribution in [2.75, 3.05) is 46.3 Å². The average molecular weight is 255 g/mol. The molecule has 1 rings (SSSR count). The maximum atomic E-state index is 3.24. The molecule has 3 heteroatoms. The van der Waals surface area contributed by atoms with Crippen molar-refractivity contribution in [3.63, 3.8) is 0 Å². The lowest BCUT2D eigenvalue weighted by Gasteiger charge is -2.38. The number of likely N-dealkylation sites (tertiary alicyclic amines) is 1. The third-order valence-electron chi connectivity index (χ3n) is 4.23. The summed E-state index contributed by atoms with van der Waals surface area (Å²) in [6.07, 6.45) is 6.89. The van der Waals surface area contributed by atoms with Gasteiger partial charge in [0, 0.05) is 12.6 Å². The van der Waals surface area contributed by atoms with Gasteiger partial charge in [0.15, 0.2) is 0 Å². The Morgan fingerprint density at radius 2 is 1.94 bits per heavy atom. The third-order valence-corrected chi connectivity index (χ3v) is 4.23. The summed E-state index contributed by atoms with van der Waals surface area (Å²) in [5.41, 5.74) is 0. The molecule has 18 heavy (non-hydrogen) atoms. The van der Waals surface area contributed by atoms with Gasteiger partial charge in [-0.2, -0.15) is 0 Å². The molecule has 1 aliphatic heterocycles. The zero-order chi connectivity index (χ0) is 13.2. The minimum Gasteiger partial charge on any atom is -0.320 e. The van der Waals surface area contributed by atoms with Gasteiger partial charge in [-0.05, 0) is 65.5 Å². The number of hydrogen-bond donors (Lipinski definition) is 1. The first-order chi connectivity index (χ1) is 8.81. The van der Waals surface area contributed by atoms with E-state index < -0.39 is 0 Å². The van der Waals surface area contributed by atoms with Crippen molar-refractivity contribution in [3.8, 4) is 0 Å². The van der Waals surface area contributed by atoms with E-state index in [0.717, 1.165) is 12.6 Å². The van der Waals surface area contributed by atoms with E-state index in [-0.39, 0.29) is 0 Å². The Bertz CT molecular complexity index is 192. The summed E-state index contributed by atoms with van der Waals surface area (Å²) in [7, 11) is 2.05. The van der Waals surface area contributed by atoms with Gasteiger partial charge in [0.25, 0.3) is 0 Å². The minimum absolute atomic E-state index is 0.813. The Kier molecular flexibility index (Phi) is 8.64. The molecule has 108 valence electrons. The highest BCUT2D eigenvalue weighted by Crippen LogP contribution is 2.18. The van der Waals surface area contributed by atoms with Gasteiger partial charge in [-0.25, -0.2) is 0 Å². The molecule has 0 aromatic heterocycles. The molecular weight excluding hydrogens is 222 g/mol. The van der Waals surface area contributed by atoms with Crippen molar-refractivity contribution in [1.82, 2.24) is 15.1 Å². The van der Waals surface area contributed by atoms with Crippen LogP contribution in [-0.2, 0) is 0 Å². The van der Waals surface area contributed by atoms with Crippen molar-refractivity contribution in [3.05, 3.63) is 0 Å². The fourth-order valence-corrected chi connectivity index (χ4v) is 2.96. The lowest BCUT2D eigenvalue weighted by Crippen LogP contribution is -2.47. The third kappa shape index (κ3) is 5.68. The molecule has 1 fully saturated rings. The SMILES string of the molecule is CCN(CC)CC1CCCCN1CCCCNC. The number of piperidine rings is 1. The molecule has 1 saturated heterocycles. The van der Waals surface area contributed by atoms with Crippen LogP contribution < -0.4 is 5.32 Å². The minimum atomic E-state index is 0.813. The Hall–Kier alpha value is -0.120. The zero-order valence-corrected chi connectivity index (χ0v) is 12.7. The second-order valence-corrected chi connectivity index (χ2v) is 5.48. The van der Waals surface area contributed by atoms with Gasteiger partial charge >= 0.3 is 0 Å². The molecular formula is C15H33N3. The quantitative estimate of drug-likeness (QED) is 0.637. The topological polar surface area (TPSA) is 18.5 Å². The first-order valence-electron chi connectivity index (χ1n) is 7.92. The van der Waals surface area contributed by atoms with E-state index in [4.69, 9.17) is 0 Å². The van der Waals surface area contributed by atoms with E-state index in [1.165, 1.54) is 64.8 Å². The Morgan fingerprint density at radius 3 is 2.61 bits per heavy atom. The number of likely N-dealkylation sites (N-methyl/N-ethyl adjacent to an activating group) is 1. The van der Waals surface area contributed by atoms with Crippen molar-refractivity contribution in [2.24, 2.45) is 0 Å². The second-order valence-electron chi connectivity index (χ2n) is 5.48. The molecule has 1 heterocycles. The molecule has 1 unspecified atom stereocenters. The van der Waals surface area contributed by atoms with Crippen molar-refractivity contribution in [1.29, 1.82) is 0 Å². The predicted octanol–water partition coefficient (Wildman–Crippen LogP) is 2.18. The number of hydrogen-bond acceptors (Lipinski definition) is 3. The molecule has 0 bridgehead atoms. The average Bonchev–Trinajstić information content (AvgIpc) is 2.42. The fourth-order valence-electron chi connectivity index (χ4n) is 2.96. The summed E-state index contributed by atoms with van der Waals surface area (Å²) in [6, 6.07) is 0.813. The van der Waals surface area contributed by atoms with Crippen LogP contribution in [-0.4, -0.2) is 62.2 Å². The summed E-state index contributed by atoms with van der Waals surface area (Å²) < 4.78 is 0. The largest absolute Gasteiger partial charge is 0.320 e. The maximum absolute atomic E-state index is 3.24. The van der Waals surface area contributed by atoms with Gasteiger partial charge in [0.1, 0.15) is 0 Å². The molecule has 0 saturated carbocycles. The lowest BCUT2D eigenvalue weighted by molar-refractivity contribution is 0.106. The van der Waals surface area contributed by atoms with E-state index in [9.17, 15) is 0 Å². The normalized spacial score (nSPS) is 21.7. The lowest BCUT2D eigenvalue weighted by atomic mass is 10.0. The molecule has 3 nitrogen and oxygen atoms in total. The van der Waals surface area contributed by atoms with Crippen molar-refractivity contribution >= 4 is 0 Å². The summed E-state index contributed by atoms with van der Waals surface area (Å²) in [6.45, 7) is 12.0. The molecule has 1 atom stereocenters. The number of rotatable bonds is 9. The van der Waals surface area contributed by atoms with Gasteiger partial charge in [0.05, 0.1) is 0 Å². The van der Waals surface area contributed by atoms with Gasteiger partial charge in [-0.3, -0.25) is 4.90 Å². The summed E-state index contributed by atoms with van der Waals surface area (Å²) in [4.78, 5) is 5.33. The summed E-state index contributed by atoms with van der Waals surface area (Å²) >= 11 is 0. The zero-order valence-electron chi connectivity index (χ0n) is 12.7. The molecule has 1 N–H and O–H groups in total. The van der Waals surface area contributed by atoms with Crippen LogP contribution in [0.5, 0.6) is 0 Å². The predicted molar refractivity (Wildman–Crippen MR) is 80.2 cm³/mol. The van der Waals surface area contributed by atoms with E-state index >= 15 is 0 Å². The molecule has 0 spiro atoms. The first-order valence-corrected chi connectivity index (χ1v) is 7.92. The van der Waals surface area contributed by atoms with Crippen LogP contribution in [0.3, 0.4) is 0 Å². The van der Waals surface area contributed by atoms with Gasteiger partial charge in [0.2, 0.25) is 0 Å². The maximum Gasteiger partial charge on any atom is 0.0223 e. The molecule has 0 amide bonds.